The second-order valence-corrected chi connectivity index (χ2v) is 2.66. The third kappa shape index (κ3) is 3.47. The van der Waals surface area contributed by atoms with E-state index in [0.717, 1.165) is 0 Å². The minimum absolute atomic E-state index is 1.33. The number of quaternary nitrogens is 1. The molecular formula is C8H16N2. The number of nitrogens with one attached hydrogen (secondary N) is 1. The Morgan fingerprint density at radius 2 is 1.70 bits per heavy atom. The standard InChI is InChI=1S/C7H15N.CN/c1-2-8-6-4-3-5-7-8;1-2/h2-7H2,1H3;/q;-1/p+1. The molecule has 58 valence electrons. The molecule has 0 aromatic heterocycles. The first-order valence-electron chi connectivity index (χ1n) is 3.99. The summed E-state index contributed by atoms with van der Waals surface area (Å²) in [6, 6.07) is 0. The second kappa shape index (κ2) is 6.57. The Bertz CT molecular complexity index is 82.5. The van der Waals surface area contributed by atoms with Gasteiger partial charge in [-0.3, -0.25) is 0 Å². The van der Waals surface area contributed by atoms with Crippen molar-refractivity contribution in [3.8, 4) is 0 Å². The van der Waals surface area contributed by atoms with Gasteiger partial charge in [0.25, 0.3) is 0 Å². The van der Waals surface area contributed by atoms with E-state index < -0.39 is 0 Å². The van der Waals surface area contributed by atoms with Gasteiger partial charge in [0.05, 0.1) is 19.6 Å². The highest BCUT2D eigenvalue weighted by atomic mass is 15.1. The maximum Gasteiger partial charge on any atom is 0.0770 e. The van der Waals surface area contributed by atoms with Crippen molar-refractivity contribution in [1.29, 1.82) is 5.26 Å². The quantitative estimate of drug-likeness (QED) is 0.517. The number of nitrogens with zero attached hydrogens (tertiary/aromatic N) is 1. The minimum atomic E-state index is 1.33. The Kier molecular flexibility index (Phi) is 6.21. The summed E-state index contributed by atoms with van der Waals surface area (Å²) in [6.45, 7) is 11.2. The first-order valence-corrected chi connectivity index (χ1v) is 3.99. The van der Waals surface area contributed by atoms with Crippen LogP contribution in [0.1, 0.15) is 26.2 Å². The van der Waals surface area contributed by atoms with Crippen LogP contribution in [0.3, 0.4) is 0 Å². The van der Waals surface area contributed by atoms with E-state index in [1.807, 2.05) is 0 Å². The van der Waals surface area contributed by atoms with Gasteiger partial charge in [-0.25, -0.2) is 0 Å². The smallest absolute Gasteiger partial charge is 0.0770 e. The predicted molar refractivity (Wildman–Crippen MR) is 40.1 cm³/mol. The minimum Gasteiger partial charge on any atom is -0.512 e. The van der Waals surface area contributed by atoms with Gasteiger partial charge in [-0.15, -0.1) is 0 Å². The molecule has 1 saturated heterocycles. The van der Waals surface area contributed by atoms with Gasteiger partial charge >= 0.3 is 0 Å². The van der Waals surface area contributed by atoms with Gasteiger partial charge in [0.2, 0.25) is 0 Å². The van der Waals surface area contributed by atoms with Crippen molar-refractivity contribution in [2.24, 2.45) is 0 Å². The first kappa shape index (κ1) is 9.45. The van der Waals surface area contributed by atoms with Crippen LogP contribution >= 0.6 is 0 Å². The molecule has 0 aromatic rings. The summed E-state index contributed by atoms with van der Waals surface area (Å²) in [5.74, 6) is 0. The highest BCUT2D eigenvalue weighted by molar-refractivity contribution is 4.44. The lowest BCUT2D eigenvalue weighted by atomic mass is 10.1. The molecule has 0 bridgehead atoms. The maximum atomic E-state index is 6.25. The molecule has 0 aromatic carbocycles. The van der Waals surface area contributed by atoms with Crippen molar-refractivity contribution in [3.63, 3.8) is 0 Å². The molecule has 10 heavy (non-hydrogen) atoms. The molecule has 1 aliphatic rings. The Hall–Kier alpha value is -0.550. The topological polar surface area (TPSA) is 28.2 Å². The molecule has 1 heterocycles. The van der Waals surface area contributed by atoms with E-state index in [2.05, 4.69) is 6.92 Å². The summed E-state index contributed by atoms with van der Waals surface area (Å²) in [6.07, 6.45) is 4.40. The molecule has 0 saturated carbocycles. The maximum absolute atomic E-state index is 6.25. The molecular weight excluding hydrogens is 124 g/mol. The molecule has 1 aliphatic heterocycles. The Labute approximate surface area is 63.4 Å². The molecule has 0 atom stereocenters. The zero-order valence-corrected chi connectivity index (χ0v) is 6.69. The molecule has 2 heteroatoms. The fraction of sp³-hybridized carbons (Fsp3) is 0.875. The normalized spacial score (nSPS) is 19.1. The van der Waals surface area contributed by atoms with Crippen molar-refractivity contribution < 1.29 is 4.90 Å². The van der Waals surface area contributed by atoms with Crippen molar-refractivity contribution in [2.45, 2.75) is 26.2 Å². The van der Waals surface area contributed by atoms with E-state index in [-0.39, 0.29) is 0 Å². The van der Waals surface area contributed by atoms with Crippen molar-refractivity contribution in [3.05, 3.63) is 6.57 Å². The van der Waals surface area contributed by atoms with E-state index in [9.17, 15) is 0 Å². The average Bonchev–Trinajstić information content (AvgIpc) is 2.10. The number of piperidine rings is 1. The van der Waals surface area contributed by atoms with Crippen LogP contribution in [0.5, 0.6) is 0 Å². The van der Waals surface area contributed by atoms with E-state index in [4.69, 9.17) is 11.8 Å². The molecule has 0 spiro atoms. The van der Waals surface area contributed by atoms with E-state index in [0.29, 0.717) is 0 Å². The van der Waals surface area contributed by atoms with E-state index >= 15 is 0 Å². The number of rotatable bonds is 1. The van der Waals surface area contributed by atoms with Crippen LogP contribution in [0, 0.1) is 11.8 Å². The largest absolute Gasteiger partial charge is 0.512 e. The van der Waals surface area contributed by atoms with Crippen LogP contribution in [-0.2, 0) is 0 Å². The van der Waals surface area contributed by atoms with Gasteiger partial charge in [-0.2, -0.15) is 0 Å². The van der Waals surface area contributed by atoms with Gasteiger partial charge in [-0.05, 0) is 26.2 Å². The number of hydrogen-bond donors (Lipinski definition) is 1. The SMILES string of the molecule is CC[NH+]1CCCCC1.[C-]#N. The lowest BCUT2D eigenvalue weighted by Crippen LogP contribution is -3.12. The molecule has 1 rings (SSSR count). The average molecular weight is 140 g/mol. The Morgan fingerprint density at radius 3 is 2.00 bits per heavy atom. The Morgan fingerprint density at radius 1 is 1.20 bits per heavy atom. The zero-order valence-electron chi connectivity index (χ0n) is 6.69. The van der Waals surface area contributed by atoms with Gasteiger partial charge < -0.3 is 16.7 Å². The highest BCUT2D eigenvalue weighted by Gasteiger charge is 2.09. The van der Waals surface area contributed by atoms with Crippen LogP contribution in [0.15, 0.2) is 0 Å². The summed E-state index contributed by atoms with van der Waals surface area (Å²) >= 11 is 0. The summed E-state index contributed by atoms with van der Waals surface area (Å²) in [4.78, 5) is 1.80. The van der Waals surface area contributed by atoms with Crippen LogP contribution in [0.2, 0.25) is 0 Å². The van der Waals surface area contributed by atoms with Crippen LogP contribution in [-0.4, -0.2) is 19.6 Å². The Balaban J connectivity index is 0.000000371. The summed E-state index contributed by atoms with van der Waals surface area (Å²) in [5, 5.41) is 6.25. The lowest BCUT2D eigenvalue weighted by molar-refractivity contribution is -0.903. The van der Waals surface area contributed by atoms with Crippen LogP contribution in [0.4, 0.5) is 0 Å². The number of likely N-dealkylation sites (tertiary alicyclic amines) is 1. The van der Waals surface area contributed by atoms with E-state index in [1.54, 1.807) is 4.90 Å². The third-order valence-corrected chi connectivity index (χ3v) is 2.06. The molecule has 0 unspecified atom stereocenters. The van der Waals surface area contributed by atoms with Gasteiger partial charge in [0, 0.05) is 0 Å². The second-order valence-electron chi connectivity index (χ2n) is 2.66. The summed E-state index contributed by atoms with van der Waals surface area (Å²) in [7, 11) is 0. The van der Waals surface area contributed by atoms with Crippen molar-refractivity contribution in [2.75, 3.05) is 19.6 Å². The van der Waals surface area contributed by atoms with Crippen LogP contribution < -0.4 is 4.90 Å². The monoisotopic (exact) mass is 140 g/mol. The molecule has 1 N–H and O–H groups in total. The molecule has 2 nitrogen and oxygen atoms in total. The number of hydrogen-bond acceptors (Lipinski definition) is 1. The predicted octanol–water partition coefficient (Wildman–Crippen LogP) is 0.171. The molecule has 1 fully saturated rings. The van der Waals surface area contributed by atoms with Crippen molar-refractivity contribution >= 4 is 0 Å². The fourth-order valence-electron chi connectivity index (χ4n) is 1.41. The van der Waals surface area contributed by atoms with Gasteiger partial charge in [0.15, 0.2) is 0 Å². The fourth-order valence-corrected chi connectivity index (χ4v) is 1.41. The van der Waals surface area contributed by atoms with Crippen molar-refractivity contribution in [1.82, 2.24) is 0 Å². The van der Waals surface area contributed by atoms with Crippen LogP contribution in [0.25, 0.3) is 0 Å². The van der Waals surface area contributed by atoms with Gasteiger partial charge in [0.1, 0.15) is 0 Å². The third-order valence-electron chi connectivity index (χ3n) is 2.06. The summed E-state index contributed by atoms with van der Waals surface area (Å²) < 4.78 is 0. The zero-order chi connectivity index (χ0) is 7.82. The first-order chi connectivity index (χ1) is 4.93. The van der Waals surface area contributed by atoms with Gasteiger partial charge in [-0.1, -0.05) is 0 Å². The summed E-state index contributed by atoms with van der Waals surface area (Å²) in [5.41, 5.74) is 0. The molecule has 0 radical (unpaired) electrons. The molecule has 0 amide bonds. The van der Waals surface area contributed by atoms with E-state index in [1.165, 1.54) is 38.9 Å². The highest BCUT2D eigenvalue weighted by Crippen LogP contribution is 1.93. The lowest BCUT2D eigenvalue weighted by Gasteiger charge is -2.21. The molecule has 0 aliphatic carbocycles.